The van der Waals surface area contributed by atoms with E-state index in [1.54, 1.807) is 18.2 Å². The van der Waals surface area contributed by atoms with Gasteiger partial charge in [-0.3, -0.25) is 0 Å². The molecule has 0 fully saturated rings. The molecule has 4 heteroatoms. The van der Waals surface area contributed by atoms with Crippen molar-refractivity contribution in [3.05, 3.63) is 64.5 Å². The standard InChI is InChI=1S/C20H17FO3/c1-10-18-12-5-3-2-4-11(12)16(21)8-14(18)15(9-22)13-6-7-17(23)20(24)19(10)13/h2-8,17,20,22-24H,9H2,1H3. The number of fused-ring (bicyclic) bond motifs is 4. The summed E-state index contributed by atoms with van der Waals surface area (Å²) in [7, 11) is 0. The third-order valence-corrected chi connectivity index (χ3v) is 4.95. The molecule has 0 saturated carbocycles. The molecule has 3 aromatic rings. The monoisotopic (exact) mass is 324 g/mol. The summed E-state index contributed by atoms with van der Waals surface area (Å²) in [6.45, 7) is 1.59. The number of aliphatic hydroxyl groups excluding tert-OH is 3. The van der Waals surface area contributed by atoms with Crippen molar-refractivity contribution < 1.29 is 19.7 Å². The Bertz CT molecular complexity index is 1010. The van der Waals surface area contributed by atoms with Crippen LogP contribution < -0.4 is 0 Å². The molecule has 0 spiro atoms. The molecule has 0 amide bonds. The molecule has 122 valence electrons. The maximum absolute atomic E-state index is 14.5. The molecule has 0 bridgehead atoms. The lowest BCUT2D eigenvalue weighted by Crippen LogP contribution is -2.22. The molecule has 0 aliphatic heterocycles. The van der Waals surface area contributed by atoms with Gasteiger partial charge in [0, 0.05) is 5.39 Å². The van der Waals surface area contributed by atoms with Crippen LogP contribution in [0.5, 0.6) is 0 Å². The third-order valence-electron chi connectivity index (χ3n) is 4.95. The molecule has 0 radical (unpaired) electrons. The van der Waals surface area contributed by atoms with E-state index in [0.717, 1.165) is 16.3 Å². The van der Waals surface area contributed by atoms with Gasteiger partial charge in [-0.15, -0.1) is 0 Å². The van der Waals surface area contributed by atoms with Crippen LogP contribution in [0.2, 0.25) is 0 Å². The predicted molar refractivity (Wildman–Crippen MR) is 92.1 cm³/mol. The number of halogens is 1. The van der Waals surface area contributed by atoms with E-state index in [2.05, 4.69) is 0 Å². The normalized spacial score (nSPS) is 19.9. The van der Waals surface area contributed by atoms with Crippen molar-refractivity contribution >= 4 is 27.6 Å². The Labute approximate surface area is 138 Å². The molecule has 4 rings (SSSR count). The molecule has 0 heterocycles. The number of hydrogen-bond acceptors (Lipinski definition) is 3. The fourth-order valence-electron chi connectivity index (χ4n) is 3.83. The van der Waals surface area contributed by atoms with E-state index in [9.17, 15) is 19.7 Å². The molecule has 0 aromatic heterocycles. The van der Waals surface area contributed by atoms with E-state index in [-0.39, 0.29) is 12.4 Å². The first kappa shape index (κ1) is 15.3. The van der Waals surface area contributed by atoms with Gasteiger partial charge < -0.3 is 15.3 Å². The zero-order valence-corrected chi connectivity index (χ0v) is 13.1. The minimum atomic E-state index is -1.07. The second-order valence-electron chi connectivity index (χ2n) is 6.21. The Balaban J connectivity index is 2.28. The molecule has 24 heavy (non-hydrogen) atoms. The zero-order valence-electron chi connectivity index (χ0n) is 13.1. The topological polar surface area (TPSA) is 60.7 Å². The van der Waals surface area contributed by atoms with Crippen molar-refractivity contribution in [2.45, 2.75) is 25.7 Å². The van der Waals surface area contributed by atoms with Gasteiger partial charge in [0.1, 0.15) is 18.0 Å². The summed E-state index contributed by atoms with van der Waals surface area (Å²) in [6, 6.07) is 8.61. The molecule has 2 unspecified atom stereocenters. The van der Waals surface area contributed by atoms with Crippen LogP contribution in [0, 0.1) is 12.7 Å². The molecule has 3 N–H and O–H groups in total. The van der Waals surface area contributed by atoms with Crippen LogP contribution in [0.4, 0.5) is 4.39 Å². The molecule has 3 nitrogen and oxygen atoms in total. The average Bonchev–Trinajstić information content (AvgIpc) is 2.58. The van der Waals surface area contributed by atoms with Crippen molar-refractivity contribution in [2.24, 2.45) is 0 Å². The Morgan fingerprint density at radius 2 is 1.79 bits per heavy atom. The van der Waals surface area contributed by atoms with Gasteiger partial charge in [0.15, 0.2) is 0 Å². The second kappa shape index (κ2) is 5.38. The minimum absolute atomic E-state index is 0.274. The van der Waals surface area contributed by atoms with Crippen molar-refractivity contribution in [1.82, 2.24) is 0 Å². The first-order valence-corrected chi connectivity index (χ1v) is 7.86. The number of benzene rings is 3. The average molecular weight is 324 g/mol. The Morgan fingerprint density at radius 1 is 1.08 bits per heavy atom. The first-order valence-electron chi connectivity index (χ1n) is 7.86. The molecular formula is C20H17FO3. The van der Waals surface area contributed by atoms with Gasteiger partial charge in [-0.2, -0.15) is 0 Å². The highest BCUT2D eigenvalue weighted by Gasteiger charge is 2.28. The number of aryl methyl sites for hydroxylation is 1. The molecule has 0 saturated heterocycles. The summed E-state index contributed by atoms with van der Waals surface area (Å²) in [5, 5.41) is 33.0. The highest BCUT2D eigenvalue weighted by atomic mass is 19.1. The van der Waals surface area contributed by atoms with Crippen LogP contribution in [0.15, 0.2) is 36.4 Å². The van der Waals surface area contributed by atoms with Crippen LogP contribution in [0.1, 0.15) is 28.4 Å². The maximum Gasteiger partial charge on any atom is 0.131 e. The quantitative estimate of drug-likeness (QED) is 0.602. The van der Waals surface area contributed by atoms with Gasteiger partial charge in [0.05, 0.1) is 6.61 Å². The van der Waals surface area contributed by atoms with Crippen LogP contribution in [-0.4, -0.2) is 21.4 Å². The summed E-state index contributed by atoms with van der Waals surface area (Å²) >= 11 is 0. The summed E-state index contributed by atoms with van der Waals surface area (Å²) in [6.07, 6.45) is 1.13. The maximum atomic E-state index is 14.5. The summed E-state index contributed by atoms with van der Waals surface area (Å²) in [4.78, 5) is 0. The van der Waals surface area contributed by atoms with Gasteiger partial charge in [0.2, 0.25) is 0 Å². The zero-order chi connectivity index (χ0) is 17.0. The predicted octanol–water partition coefficient (Wildman–Crippen LogP) is 3.35. The van der Waals surface area contributed by atoms with E-state index in [4.69, 9.17) is 0 Å². The Hall–Kier alpha value is -2.27. The van der Waals surface area contributed by atoms with Crippen LogP contribution in [-0.2, 0) is 6.61 Å². The van der Waals surface area contributed by atoms with E-state index in [1.807, 2.05) is 19.1 Å². The lowest BCUT2D eigenvalue weighted by molar-refractivity contribution is 0.0465. The smallest absolute Gasteiger partial charge is 0.131 e. The Morgan fingerprint density at radius 3 is 2.50 bits per heavy atom. The second-order valence-corrected chi connectivity index (χ2v) is 6.21. The van der Waals surface area contributed by atoms with E-state index in [1.165, 1.54) is 12.1 Å². The lowest BCUT2D eigenvalue weighted by Gasteiger charge is -2.27. The molecule has 1 aliphatic carbocycles. The highest BCUT2D eigenvalue weighted by molar-refractivity contribution is 6.11. The van der Waals surface area contributed by atoms with Gasteiger partial charge in [0.25, 0.3) is 0 Å². The molecular weight excluding hydrogens is 307 g/mol. The lowest BCUT2D eigenvalue weighted by atomic mass is 9.81. The van der Waals surface area contributed by atoms with Gasteiger partial charge >= 0.3 is 0 Å². The Kier molecular flexibility index (Phi) is 3.42. The van der Waals surface area contributed by atoms with Crippen molar-refractivity contribution in [2.75, 3.05) is 0 Å². The van der Waals surface area contributed by atoms with E-state index < -0.39 is 12.2 Å². The fraction of sp³-hybridized carbons (Fsp3) is 0.200. The SMILES string of the molecule is Cc1c2c(c(CO)c3cc(F)c4ccccc4c13)C=CC(O)C2O. The van der Waals surface area contributed by atoms with Crippen molar-refractivity contribution in [1.29, 1.82) is 0 Å². The number of rotatable bonds is 1. The number of hydrogen-bond donors (Lipinski definition) is 3. The van der Waals surface area contributed by atoms with Gasteiger partial charge in [-0.05, 0) is 51.4 Å². The van der Waals surface area contributed by atoms with E-state index in [0.29, 0.717) is 27.5 Å². The van der Waals surface area contributed by atoms with Gasteiger partial charge in [-0.1, -0.05) is 36.4 Å². The molecule has 3 aromatic carbocycles. The van der Waals surface area contributed by atoms with Crippen molar-refractivity contribution in [3.8, 4) is 0 Å². The summed E-state index contributed by atoms with van der Waals surface area (Å²) in [5.41, 5.74) is 2.62. The molecule has 2 atom stereocenters. The minimum Gasteiger partial charge on any atom is -0.392 e. The third kappa shape index (κ3) is 1.94. The summed E-state index contributed by atoms with van der Waals surface area (Å²) in [5.74, 6) is -0.340. The van der Waals surface area contributed by atoms with Crippen LogP contribution >= 0.6 is 0 Å². The van der Waals surface area contributed by atoms with Crippen LogP contribution in [0.25, 0.3) is 27.6 Å². The van der Waals surface area contributed by atoms with Gasteiger partial charge in [-0.25, -0.2) is 4.39 Å². The van der Waals surface area contributed by atoms with Crippen molar-refractivity contribution in [3.63, 3.8) is 0 Å². The summed E-state index contributed by atoms with van der Waals surface area (Å²) < 4.78 is 14.5. The van der Waals surface area contributed by atoms with Crippen LogP contribution in [0.3, 0.4) is 0 Å². The fourth-order valence-corrected chi connectivity index (χ4v) is 3.83. The molecule has 1 aliphatic rings. The largest absolute Gasteiger partial charge is 0.392 e. The number of aliphatic hydroxyl groups is 3. The first-order chi connectivity index (χ1) is 11.5. The highest BCUT2D eigenvalue weighted by Crippen LogP contribution is 2.41. The van der Waals surface area contributed by atoms with E-state index >= 15 is 0 Å².